The maximum absolute atomic E-state index is 13.4. The van der Waals surface area contributed by atoms with Crippen LogP contribution in [-0.2, 0) is 4.79 Å². The first-order valence-corrected chi connectivity index (χ1v) is 11.1. The number of nitrogens with one attached hydrogen (secondary N) is 2. The number of aryl methyl sites for hydroxylation is 2. The summed E-state index contributed by atoms with van der Waals surface area (Å²) in [4.78, 5) is 18.3. The molecule has 0 saturated heterocycles. The van der Waals surface area contributed by atoms with Gasteiger partial charge in [-0.25, -0.2) is 4.99 Å². The molecule has 160 valence electrons. The maximum Gasteiger partial charge on any atom is 0.200 e. The van der Waals surface area contributed by atoms with Crippen LogP contribution in [0.4, 0.5) is 5.69 Å². The molecule has 3 atom stereocenters. The topological polar surface area (TPSA) is 53.5 Å². The summed E-state index contributed by atoms with van der Waals surface area (Å²) in [5, 5.41) is 6.84. The maximum atomic E-state index is 13.4. The number of carbonyl (C=O) groups excluding carboxylic acids is 1. The molecule has 0 fully saturated rings. The van der Waals surface area contributed by atoms with Crippen LogP contribution >= 0.6 is 0 Å². The van der Waals surface area contributed by atoms with Crippen molar-refractivity contribution in [3.8, 4) is 0 Å². The molecule has 3 aromatic rings. The number of Topliss-reactive ketones (excluding diaryl/α,β-unsaturated/α-hetero) is 1. The average molecular weight is 422 g/mol. The molecule has 0 unspecified atom stereocenters. The second-order valence-corrected chi connectivity index (χ2v) is 8.74. The molecule has 2 aliphatic rings. The minimum atomic E-state index is -0.289. The zero-order chi connectivity index (χ0) is 22.1. The van der Waals surface area contributed by atoms with Crippen molar-refractivity contribution < 1.29 is 4.79 Å². The summed E-state index contributed by atoms with van der Waals surface area (Å²) >= 11 is 0. The quantitative estimate of drug-likeness (QED) is 0.573. The summed E-state index contributed by atoms with van der Waals surface area (Å²) < 4.78 is 0. The van der Waals surface area contributed by atoms with Crippen LogP contribution in [0.1, 0.15) is 40.6 Å². The number of allylic oxidation sites excluding steroid dienone is 1. The minimum absolute atomic E-state index is 0.0667. The van der Waals surface area contributed by atoms with Gasteiger partial charge in [0.15, 0.2) is 0 Å². The van der Waals surface area contributed by atoms with E-state index in [2.05, 4.69) is 79.1 Å². The van der Waals surface area contributed by atoms with Gasteiger partial charge in [0.25, 0.3) is 0 Å². The van der Waals surface area contributed by atoms with E-state index in [1.807, 2.05) is 30.3 Å². The monoisotopic (exact) mass is 421 g/mol. The lowest BCUT2D eigenvalue weighted by Gasteiger charge is -2.36. The van der Waals surface area contributed by atoms with Gasteiger partial charge in [-0.15, -0.1) is 0 Å². The molecule has 0 bridgehead atoms. The number of benzene rings is 3. The first kappa shape index (κ1) is 20.3. The Morgan fingerprint density at radius 1 is 0.844 bits per heavy atom. The van der Waals surface area contributed by atoms with Gasteiger partial charge in [0.05, 0.1) is 12.0 Å². The molecule has 0 aromatic heterocycles. The molecule has 0 spiro atoms. The number of aliphatic imine (C=N–C) groups is 1. The van der Waals surface area contributed by atoms with E-state index in [0.717, 1.165) is 16.9 Å². The fraction of sp³-hybridized carbons (Fsp3) is 0.214. The van der Waals surface area contributed by atoms with Crippen LogP contribution in [-0.4, -0.2) is 11.7 Å². The van der Waals surface area contributed by atoms with E-state index in [-0.39, 0.29) is 23.7 Å². The third-order valence-electron chi connectivity index (χ3n) is 6.29. The predicted molar refractivity (Wildman–Crippen MR) is 130 cm³/mol. The second kappa shape index (κ2) is 8.46. The average Bonchev–Trinajstić information content (AvgIpc) is 2.81. The van der Waals surface area contributed by atoms with Gasteiger partial charge in [-0.1, -0.05) is 83.9 Å². The molecule has 2 N–H and O–H groups in total. The normalized spacial score (nSPS) is 22.3. The number of carbonyl (C=O) groups is 1. The van der Waals surface area contributed by atoms with E-state index in [0.29, 0.717) is 12.4 Å². The molecule has 1 aliphatic carbocycles. The smallest absolute Gasteiger partial charge is 0.200 e. The number of fused-ring (bicyclic) bond motifs is 1. The summed E-state index contributed by atoms with van der Waals surface area (Å²) in [6.07, 6.45) is 2.72. The molecule has 1 aliphatic heterocycles. The molecule has 32 heavy (non-hydrogen) atoms. The fourth-order valence-electron chi connectivity index (χ4n) is 4.53. The Labute approximate surface area is 189 Å². The molecular weight excluding hydrogens is 394 g/mol. The highest BCUT2D eigenvalue weighted by molar-refractivity contribution is 5.98. The van der Waals surface area contributed by atoms with Crippen LogP contribution in [0.25, 0.3) is 0 Å². The number of hydrogen-bond acceptors (Lipinski definition) is 4. The Morgan fingerprint density at radius 3 is 2.19 bits per heavy atom. The van der Waals surface area contributed by atoms with E-state index < -0.39 is 0 Å². The number of hydrogen-bond donors (Lipinski definition) is 2. The van der Waals surface area contributed by atoms with Crippen molar-refractivity contribution in [3.63, 3.8) is 0 Å². The number of guanidine groups is 1. The summed E-state index contributed by atoms with van der Waals surface area (Å²) in [6.45, 7) is 4.15. The van der Waals surface area contributed by atoms with E-state index in [1.165, 1.54) is 16.7 Å². The van der Waals surface area contributed by atoms with E-state index >= 15 is 0 Å². The van der Waals surface area contributed by atoms with Crippen LogP contribution in [0.3, 0.4) is 0 Å². The molecule has 0 radical (unpaired) electrons. The first-order chi connectivity index (χ1) is 15.6. The summed E-state index contributed by atoms with van der Waals surface area (Å²) in [5.41, 5.74) is 6.55. The van der Waals surface area contributed by atoms with Crippen molar-refractivity contribution in [3.05, 3.63) is 113 Å². The number of rotatable bonds is 3. The van der Waals surface area contributed by atoms with Crippen molar-refractivity contribution in [2.75, 3.05) is 5.32 Å². The Hall–Kier alpha value is -3.66. The molecule has 0 saturated carbocycles. The molecule has 0 amide bonds. The molecule has 5 rings (SSSR count). The van der Waals surface area contributed by atoms with E-state index in [4.69, 9.17) is 4.99 Å². The minimum Gasteiger partial charge on any atom is -0.329 e. The Kier molecular flexibility index (Phi) is 5.36. The largest absolute Gasteiger partial charge is 0.329 e. The predicted octanol–water partition coefficient (Wildman–Crippen LogP) is 5.67. The molecule has 4 heteroatoms. The van der Waals surface area contributed by atoms with Crippen LogP contribution < -0.4 is 10.6 Å². The Bertz CT molecular complexity index is 1180. The second-order valence-electron chi connectivity index (χ2n) is 8.74. The van der Waals surface area contributed by atoms with Crippen LogP contribution in [0.2, 0.25) is 0 Å². The summed E-state index contributed by atoms with van der Waals surface area (Å²) in [7, 11) is 0. The van der Waals surface area contributed by atoms with Gasteiger partial charge in [-0.3, -0.25) is 4.79 Å². The van der Waals surface area contributed by atoms with Crippen LogP contribution in [0, 0.1) is 19.8 Å². The Balaban J connectivity index is 1.53. The van der Waals surface area contributed by atoms with E-state index in [9.17, 15) is 4.79 Å². The third kappa shape index (κ3) is 4.09. The van der Waals surface area contributed by atoms with Crippen molar-refractivity contribution in [1.29, 1.82) is 0 Å². The van der Waals surface area contributed by atoms with E-state index in [1.54, 1.807) is 0 Å². The third-order valence-corrected chi connectivity index (χ3v) is 6.29. The molecule has 4 nitrogen and oxygen atoms in total. The van der Waals surface area contributed by atoms with Crippen molar-refractivity contribution >= 4 is 17.4 Å². The highest BCUT2D eigenvalue weighted by Crippen LogP contribution is 2.41. The van der Waals surface area contributed by atoms with Gasteiger partial charge in [-0.2, -0.15) is 0 Å². The SMILES string of the molecule is Cc1ccc(NC2=N[C@H](c3ccccc3)[C@@H]3C(=O)C[C@H](c4ccc(C)cc4)C=C3N2)cc1. The zero-order valence-electron chi connectivity index (χ0n) is 18.4. The highest BCUT2D eigenvalue weighted by Gasteiger charge is 2.40. The summed E-state index contributed by atoms with van der Waals surface area (Å²) in [5.74, 6) is 0.676. The summed E-state index contributed by atoms with van der Waals surface area (Å²) in [6, 6.07) is 26.6. The lowest BCUT2D eigenvalue weighted by atomic mass is 9.76. The first-order valence-electron chi connectivity index (χ1n) is 11.1. The van der Waals surface area contributed by atoms with Crippen molar-refractivity contribution in [2.24, 2.45) is 10.9 Å². The number of nitrogens with zero attached hydrogens (tertiary/aromatic N) is 1. The van der Waals surface area contributed by atoms with Gasteiger partial charge in [0.1, 0.15) is 5.78 Å². The molecular formula is C28H27N3O. The lowest BCUT2D eigenvalue weighted by molar-refractivity contribution is -0.123. The fourth-order valence-corrected chi connectivity index (χ4v) is 4.53. The highest BCUT2D eigenvalue weighted by atomic mass is 16.1. The number of ketones is 1. The van der Waals surface area contributed by atoms with Gasteiger partial charge < -0.3 is 10.6 Å². The van der Waals surface area contributed by atoms with Crippen LogP contribution in [0.15, 0.2) is 95.6 Å². The van der Waals surface area contributed by atoms with Crippen molar-refractivity contribution in [2.45, 2.75) is 32.2 Å². The Morgan fingerprint density at radius 2 is 1.50 bits per heavy atom. The van der Waals surface area contributed by atoms with Gasteiger partial charge >= 0.3 is 0 Å². The zero-order valence-corrected chi connectivity index (χ0v) is 18.4. The molecule has 3 aromatic carbocycles. The standard InChI is InChI=1S/C28H27N3O/c1-18-8-12-20(13-9-18)22-16-24-26(25(32)17-22)27(21-6-4-3-5-7-21)31-28(30-24)29-23-14-10-19(2)11-15-23/h3-16,22,26-27H,17H2,1-2H3,(H2,29,30,31)/t22-,26+,27-/m1/s1. The van der Waals surface area contributed by atoms with Gasteiger partial charge in [0, 0.05) is 23.7 Å². The lowest BCUT2D eigenvalue weighted by Crippen LogP contribution is -2.44. The van der Waals surface area contributed by atoms with Crippen molar-refractivity contribution in [1.82, 2.24) is 5.32 Å². The van der Waals surface area contributed by atoms with Gasteiger partial charge in [0.2, 0.25) is 5.96 Å². The number of anilines is 1. The van der Waals surface area contributed by atoms with Crippen LogP contribution in [0.5, 0.6) is 0 Å². The molecule has 1 heterocycles. The van der Waals surface area contributed by atoms with Gasteiger partial charge in [-0.05, 0) is 37.1 Å².